The number of ether oxygens (including phenoxy) is 1. The molecule has 1 amide bonds. The Morgan fingerprint density at radius 1 is 1.69 bits per heavy atom. The largest absolute Gasteiger partial charge is 0.381 e. The van der Waals surface area contributed by atoms with E-state index < -0.39 is 0 Å². The normalized spacial score (nSPS) is 19.8. The molecule has 0 radical (unpaired) electrons. The summed E-state index contributed by atoms with van der Waals surface area (Å²) in [5.74, 6) is -0.0945. The van der Waals surface area contributed by atoms with Gasteiger partial charge in [-0.25, -0.2) is 4.98 Å². The van der Waals surface area contributed by atoms with Crippen molar-refractivity contribution < 1.29 is 9.53 Å². The van der Waals surface area contributed by atoms with Gasteiger partial charge in [-0.3, -0.25) is 4.79 Å². The van der Waals surface area contributed by atoms with Crippen molar-refractivity contribution in [3.8, 4) is 0 Å². The maximum Gasteiger partial charge on any atom is 0.229 e. The van der Waals surface area contributed by atoms with Gasteiger partial charge in [0.1, 0.15) is 5.15 Å². The van der Waals surface area contributed by atoms with Crippen LogP contribution in [-0.2, 0) is 9.53 Å². The van der Waals surface area contributed by atoms with Crippen molar-refractivity contribution in [2.75, 3.05) is 18.5 Å². The second kappa shape index (κ2) is 5.12. The summed E-state index contributed by atoms with van der Waals surface area (Å²) < 4.78 is 5.81. The fourth-order valence-electron chi connectivity index (χ4n) is 1.48. The molecule has 0 spiro atoms. The van der Waals surface area contributed by atoms with Crippen LogP contribution in [0.2, 0.25) is 5.15 Å². The summed E-state index contributed by atoms with van der Waals surface area (Å²) in [5.41, 5.74) is 0.633. The van der Waals surface area contributed by atoms with Crippen LogP contribution in [0.5, 0.6) is 0 Å². The van der Waals surface area contributed by atoms with Crippen LogP contribution in [0.4, 0.5) is 5.69 Å². The SMILES string of the molecule is O=C(Nc1cnc(Cl)c(Br)c1)C1CCOC1. The zero-order valence-corrected chi connectivity index (χ0v) is 10.7. The summed E-state index contributed by atoms with van der Waals surface area (Å²) in [5, 5.41) is 3.16. The van der Waals surface area contributed by atoms with Gasteiger partial charge < -0.3 is 10.1 Å². The number of carbonyl (C=O) groups is 1. The lowest BCUT2D eigenvalue weighted by atomic mass is 10.1. The average Bonchev–Trinajstić information content (AvgIpc) is 2.77. The molecule has 1 aromatic heterocycles. The highest BCUT2D eigenvalue weighted by Gasteiger charge is 2.23. The quantitative estimate of drug-likeness (QED) is 0.854. The number of halogens is 2. The number of carbonyl (C=O) groups excluding carboxylic acids is 1. The number of aromatic nitrogens is 1. The molecule has 1 fully saturated rings. The molecule has 0 bridgehead atoms. The molecular weight excluding hydrogens is 295 g/mol. The number of anilines is 1. The third kappa shape index (κ3) is 2.72. The highest BCUT2D eigenvalue weighted by Crippen LogP contribution is 2.23. The summed E-state index contributed by atoms with van der Waals surface area (Å²) in [6.45, 7) is 1.15. The molecule has 1 saturated heterocycles. The fourth-order valence-corrected chi connectivity index (χ4v) is 1.93. The zero-order chi connectivity index (χ0) is 11.5. The molecule has 1 aromatic rings. The van der Waals surface area contributed by atoms with Gasteiger partial charge in [0.2, 0.25) is 5.91 Å². The zero-order valence-electron chi connectivity index (χ0n) is 8.37. The maximum absolute atomic E-state index is 11.7. The van der Waals surface area contributed by atoms with Crippen molar-refractivity contribution in [2.24, 2.45) is 5.92 Å². The summed E-state index contributed by atoms with van der Waals surface area (Å²) in [6, 6.07) is 1.73. The molecule has 4 nitrogen and oxygen atoms in total. The molecule has 6 heteroatoms. The number of nitrogens with one attached hydrogen (secondary N) is 1. The van der Waals surface area contributed by atoms with Gasteiger partial charge in [0.25, 0.3) is 0 Å². The Morgan fingerprint density at radius 2 is 2.50 bits per heavy atom. The van der Waals surface area contributed by atoms with Gasteiger partial charge in [-0.05, 0) is 28.4 Å². The highest BCUT2D eigenvalue weighted by atomic mass is 79.9. The predicted octanol–water partition coefficient (Wildman–Crippen LogP) is 2.47. The molecule has 0 aliphatic carbocycles. The number of hydrogen-bond acceptors (Lipinski definition) is 3. The van der Waals surface area contributed by atoms with Crippen LogP contribution in [0, 0.1) is 5.92 Å². The van der Waals surface area contributed by atoms with E-state index in [2.05, 4.69) is 26.2 Å². The Balaban J connectivity index is 2.02. The van der Waals surface area contributed by atoms with Crippen LogP contribution in [0.15, 0.2) is 16.7 Å². The fraction of sp³-hybridized carbons (Fsp3) is 0.400. The second-order valence-corrected chi connectivity index (χ2v) is 4.76. The average molecular weight is 306 g/mol. The van der Waals surface area contributed by atoms with Crippen LogP contribution in [0.1, 0.15) is 6.42 Å². The molecule has 2 heterocycles. The molecule has 0 aromatic carbocycles. The van der Waals surface area contributed by atoms with E-state index in [0.717, 1.165) is 6.42 Å². The smallest absolute Gasteiger partial charge is 0.229 e. The minimum atomic E-state index is -0.0607. The van der Waals surface area contributed by atoms with Crippen molar-refractivity contribution in [1.82, 2.24) is 4.98 Å². The van der Waals surface area contributed by atoms with Gasteiger partial charge >= 0.3 is 0 Å². The summed E-state index contributed by atoms with van der Waals surface area (Å²) in [7, 11) is 0. The molecule has 2 rings (SSSR count). The van der Waals surface area contributed by atoms with E-state index in [1.54, 1.807) is 6.07 Å². The summed E-state index contributed by atoms with van der Waals surface area (Å²) in [6.07, 6.45) is 2.30. The highest BCUT2D eigenvalue weighted by molar-refractivity contribution is 9.10. The Hall–Kier alpha value is -0.650. The van der Waals surface area contributed by atoms with E-state index in [4.69, 9.17) is 16.3 Å². The molecule has 16 heavy (non-hydrogen) atoms. The Kier molecular flexibility index (Phi) is 3.78. The first-order valence-corrected chi connectivity index (χ1v) is 6.03. The Bertz CT molecular complexity index is 408. The molecule has 1 N–H and O–H groups in total. The molecule has 1 atom stereocenters. The van der Waals surface area contributed by atoms with Crippen LogP contribution >= 0.6 is 27.5 Å². The number of hydrogen-bond donors (Lipinski definition) is 1. The lowest BCUT2D eigenvalue weighted by Gasteiger charge is -2.09. The third-order valence-corrected chi connectivity index (χ3v) is 3.50. The van der Waals surface area contributed by atoms with Gasteiger partial charge in [0, 0.05) is 6.61 Å². The van der Waals surface area contributed by atoms with E-state index in [1.807, 2.05) is 0 Å². The molecule has 0 saturated carbocycles. The third-order valence-electron chi connectivity index (χ3n) is 2.36. The first kappa shape index (κ1) is 11.8. The van der Waals surface area contributed by atoms with Crippen molar-refractivity contribution in [3.05, 3.63) is 21.9 Å². The molecule has 1 unspecified atom stereocenters. The first-order chi connectivity index (χ1) is 7.66. The lowest BCUT2D eigenvalue weighted by molar-refractivity contribution is -0.119. The van der Waals surface area contributed by atoms with Crippen molar-refractivity contribution >= 4 is 39.1 Å². The number of amides is 1. The molecular formula is C10H10BrClN2O2. The monoisotopic (exact) mass is 304 g/mol. The lowest BCUT2D eigenvalue weighted by Crippen LogP contribution is -2.22. The van der Waals surface area contributed by atoms with Gasteiger partial charge in [-0.15, -0.1) is 0 Å². The molecule has 1 aliphatic rings. The van der Waals surface area contributed by atoms with Crippen LogP contribution < -0.4 is 5.32 Å². The van der Waals surface area contributed by atoms with Crippen molar-refractivity contribution in [2.45, 2.75) is 6.42 Å². The van der Waals surface area contributed by atoms with Gasteiger partial charge in [0.15, 0.2) is 0 Å². The van der Waals surface area contributed by atoms with Gasteiger partial charge in [0.05, 0.1) is 28.9 Å². The van der Waals surface area contributed by atoms with Gasteiger partial charge in [-0.1, -0.05) is 11.6 Å². The molecule has 86 valence electrons. The van der Waals surface area contributed by atoms with Crippen LogP contribution in [0.3, 0.4) is 0 Å². The molecule has 1 aliphatic heterocycles. The number of nitrogens with zero attached hydrogens (tertiary/aromatic N) is 1. The summed E-state index contributed by atoms with van der Waals surface area (Å²) >= 11 is 9.00. The summed E-state index contributed by atoms with van der Waals surface area (Å²) in [4.78, 5) is 15.7. The van der Waals surface area contributed by atoms with Crippen molar-refractivity contribution in [3.63, 3.8) is 0 Å². The van der Waals surface area contributed by atoms with Crippen LogP contribution in [-0.4, -0.2) is 24.1 Å². The minimum absolute atomic E-state index is 0.0338. The van der Waals surface area contributed by atoms with E-state index >= 15 is 0 Å². The van der Waals surface area contributed by atoms with Gasteiger partial charge in [-0.2, -0.15) is 0 Å². The topological polar surface area (TPSA) is 51.2 Å². The number of pyridine rings is 1. The Morgan fingerprint density at radius 3 is 3.12 bits per heavy atom. The first-order valence-electron chi connectivity index (χ1n) is 4.86. The van der Waals surface area contributed by atoms with E-state index in [0.29, 0.717) is 28.5 Å². The number of rotatable bonds is 2. The van der Waals surface area contributed by atoms with E-state index in [-0.39, 0.29) is 11.8 Å². The standard InChI is InChI=1S/C10H10BrClN2O2/c11-8-3-7(4-13-9(8)12)14-10(15)6-1-2-16-5-6/h3-4,6H,1-2,5H2,(H,14,15). The minimum Gasteiger partial charge on any atom is -0.381 e. The second-order valence-electron chi connectivity index (χ2n) is 3.55. The van der Waals surface area contributed by atoms with Crippen LogP contribution in [0.25, 0.3) is 0 Å². The van der Waals surface area contributed by atoms with E-state index in [1.165, 1.54) is 6.20 Å². The Labute approximate surface area is 106 Å². The predicted molar refractivity (Wildman–Crippen MR) is 64.5 cm³/mol. The van der Waals surface area contributed by atoms with E-state index in [9.17, 15) is 4.79 Å². The maximum atomic E-state index is 11.7. The van der Waals surface area contributed by atoms with Crippen molar-refractivity contribution in [1.29, 1.82) is 0 Å².